The Morgan fingerprint density at radius 3 is 2.73 bits per heavy atom. The fraction of sp³-hybridized carbons (Fsp3) is 0.111. The van der Waals surface area contributed by atoms with Crippen molar-refractivity contribution in [3.8, 4) is 0 Å². The van der Waals surface area contributed by atoms with E-state index in [-0.39, 0.29) is 17.6 Å². The van der Waals surface area contributed by atoms with Gasteiger partial charge >= 0.3 is 11.9 Å². The molecule has 0 saturated carbocycles. The van der Waals surface area contributed by atoms with Gasteiger partial charge in [-0.25, -0.2) is 14.4 Å². The van der Waals surface area contributed by atoms with Gasteiger partial charge in [0.25, 0.3) is 0 Å². The van der Waals surface area contributed by atoms with Crippen LogP contribution in [0.2, 0.25) is 0 Å². The number of carbonyl (C=O) groups is 2. The highest BCUT2D eigenvalue weighted by atomic mass is 16.5. The van der Waals surface area contributed by atoms with E-state index in [4.69, 9.17) is 5.11 Å². The van der Waals surface area contributed by atoms with E-state index in [1.165, 1.54) is 18.3 Å². The summed E-state index contributed by atoms with van der Waals surface area (Å²) in [5.41, 5.74) is 0.168. The lowest BCUT2D eigenvalue weighted by atomic mass is 10.1. The summed E-state index contributed by atoms with van der Waals surface area (Å²) in [5, 5.41) is 11.2. The number of carboxylic acid groups (broad SMARTS) is 1. The molecule has 0 radical (unpaired) electrons. The van der Waals surface area contributed by atoms with Crippen LogP contribution < -0.4 is 5.32 Å². The number of esters is 1. The van der Waals surface area contributed by atoms with Gasteiger partial charge in [-0.2, -0.15) is 0 Å². The van der Waals surface area contributed by atoms with Crippen LogP contribution >= 0.6 is 0 Å². The molecule has 78 valence electrons. The molecule has 0 fully saturated rings. The number of dihydropyridines is 1. The quantitative estimate of drug-likeness (QED) is 0.377. The van der Waals surface area contributed by atoms with Gasteiger partial charge in [0, 0.05) is 18.8 Å². The van der Waals surface area contributed by atoms with Crippen molar-refractivity contribution in [3.63, 3.8) is 0 Å². The summed E-state index contributed by atoms with van der Waals surface area (Å²) in [6, 6.07) is 0. The van der Waals surface area contributed by atoms with E-state index < -0.39 is 11.9 Å². The van der Waals surface area contributed by atoms with Crippen molar-refractivity contribution >= 4 is 17.9 Å². The van der Waals surface area contributed by atoms with Gasteiger partial charge in [-0.1, -0.05) is 0 Å². The van der Waals surface area contributed by atoms with Crippen LogP contribution in [-0.4, -0.2) is 23.0 Å². The summed E-state index contributed by atoms with van der Waals surface area (Å²) in [6.07, 6.45) is 3.11. The maximum atomic E-state index is 11.2. The third-order valence-corrected chi connectivity index (χ3v) is 1.65. The molecule has 15 heavy (non-hydrogen) atoms. The normalized spacial score (nSPS) is 13.9. The van der Waals surface area contributed by atoms with Crippen LogP contribution in [0.1, 0.15) is 6.42 Å². The minimum atomic E-state index is -1.12. The zero-order chi connectivity index (χ0) is 11.3. The van der Waals surface area contributed by atoms with Crippen molar-refractivity contribution in [2.24, 2.45) is 0 Å². The van der Waals surface area contributed by atoms with Crippen LogP contribution in [0.5, 0.6) is 0 Å². The smallest absolute Gasteiger partial charge is 0.341 e. The Morgan fingerprint density at radius 1 is 1.47 bits per heavy atom. The lowest BCUT2D eigenvalue weighted by Crippen LogP contribution is -2.17. The van der Waals surface area contributed by atoms with E-state index in [1.807, 2.05) is 0 Å². The molecule has 0 aromatic carbocycles. The molecule has 0 atom stereocenters. The van der Waals surface area contributed by atoms with E-state index in [0.717, 1.165) is 0 Å². The Balaban J connectivity index is 2.66. The number of hydrogen-bond donors (Lipinski definition) is 2. The molecule has 0 aromatic rings. The topological polar surface area (TPSA) is 92.7 Å². The highest BCUT2D eigenvalue weighted by Crippen LogP contribution is 2.15. The first-order chi connectivity index (χ1) is 7.15. The molecule has 0 aliphatic carbocycles. The maximum Gasteiger partial charge on any atom is 0.341 e. The molecule has 0 unspecified atom stereocenters. The Labute approximate surface area is 84.5 Å². The highest BCUT2D eigenvalue weighted by Gasteiger charge is 2.19. The molecule has 0 spiro atoms. The fourth-order valence-electron chi connectivity index (χ4n) is 0.972. The first kappa shape index (κ1) is 10.7. The first-order valence-corrected chi connectivity index (χ1v) is 3.93. The van der Waals surface area contributed by atoms with Gasteiger partial charge in [-0.3, -0.25) is 0 Å². The van der Waals surface area contributed by atoms with Crippen molar-refractivity contribution in [1.82, 2.24) is 5.32 Å². The number of carbonyl (C=O) groups excluding carboxylic acids is 2. The van der Waals surface area contributed by atoms with Crippen molar-refractivity contribution in [2.75, 3.05) is 0 Å². The third kappa shape index (κ3) is 2.82. The van der Waals surface area contributed by atoms with E-state index in [9.17, 15) is 14.4 Å². The molecule has 0 bridgehead atoms. The van der Waals surface area contributed by atoms with Crippen LogP contribution in [0.4, 0.5) is 0 Å². The van der Waals surface area contributed by atoms with Crippen molar-refractivity contribution in [3.05, 3.63) is 29.8 Å². The average molecular weight is 209 g/mol. The van der Waals surface area contributed by atoms with Crippen molar-refractivity contribution in [1.29, 1.82) is 0 Å². The highest BCUT2D eigenvalue weighted by molar-refractivity contribution is 5.94. The number of rotatable bonds is 3. The molecule has 0 saturated heterocycles. The SMILES string of the molecule is O=C=COC(=O)C1=CNC=C(C(=O)O)C1. The molecule has 0 aromatic heterocycles. The van der Waals surface area contributed by atoms with Crippen molar-refractivity contribution < 1.29 is 24.2 Å². The Morgan fingerprint density at radius 2 is 2.13 bits per heavy atom. The molecule has 1 heterocycles. The van der Waals surface area contributed by atoms with E-state index in [2.05, 4.69) is 10.1 Å². The summed E-state index contributed by atoms with van der Waals surface area (Å²) >= 11 is 0. The summed E-state index contributed by atoms with van der Waals surface area (Å²) in [6.45, 7) is 0. The molecule has 0 amide bonds. The van der Waals surface area contributed by atoms with Crippen molar-refractivity contribution in [2.45, 2.75) is 6.42 Å². The first-order valence-electron chi connectivity index (χ1n) is 3.93. The maximum absolute atomic E-state index is 11.2. The fourth-order valence-corrected chi connectivity index (χ4v) is 0.972. The summed E-state index contributed by atoms with van der Waals surface area (Å²) in [5.74, 6) is -0.624. The lowest BCUT2D eigenvalue weighted by molar-refractivity contribution is -0.133. The van der Waals surface area contributed by atoms with Gasteiger partial charge in [0.05, 0.1) is 11.1 Å². The molecular weight excluding hydrogens is 202 g/mol. The van der Waals surface area contributed by atoms with Gasteiger partial charge in [0.1, 0.15) is 0 Å². The molecule has 1 aliphatic heterocycles. The second-order valence-electron chi connectivity index (χ2n) is 2.63. The van der Waals surface area contributed by atoms with Crippen LogP contribution in [0.25, 0.3) is 0 Å². The number of aliphatic carboxylic acids is 1. The number of nitrogens with one attached hydrogen (secondary N) is 1. The summed E-state index contributed by atoms with van der Waals surface area (Å²) in [7, 11) is 0. The van der Waals surface area contributed by atoms with Gasteiger partial charge < -0.3 is 15.2 Å². The predicted octanol–water partition coefficient (Wildman–Crippen LogP) is -0.279. The van der Waals surface area contributed by atoms with E-state index in [0.29, 0.717) is 6.26 Å². The largest absolute Gasteiger partial charge is 0.478 e. The Kier molecular flexibility index (Phi) is 3.43. The molecule has 1 aliphatic rings. The summed E-state index contributed by atoms with van der Waals surface area (Å²) < 4.78 is 4.34. The second-order valence-corrected chi connectivity index (χ2v) is 2.63. The second kappa shape index (κ2) is 4.78. The molecule has 2 N–H and O–H groups in total. The predicted molar refractivity (Wildman–Crippen MR) is 47.9 cm³/mol. The summed E-state index contributed by atoms with van der Waals surface area (Å²) in [4.78, 5) is 31.5. The van der Waals surface area contributed by atoms with Crippen LogP contribution in [0.3, 0.4) is 0 Å². The van der Waals surface area contributed by atoms with Crippen LogP contribution in [-0.2, 0) is 19.1 Å². The number of carboxylic acids is 1. The van der Waals surface area contributed by atoms with Crippen LogP contribution in [0, 0.1) is 0 Å². The van der Waals surface area contributed by atoms with E-state index in [1.54, 1.807) is 0 Å². The Hall–Kier alpha value is -2.33. The van der Waals surface area contributed by atoms with Crippen LogP contribution in [0.15, 0.2) is 29.8 Å². The number of ether oxygens (including phenoxy) is 1. The number of hydrogen-bond acceptors (Lipinski definition) is 5. The molecule has 6 nitrogen and oxygen atoms in total. The zero-order valence-electron chi connectivity index (χ0n) is 7.52. The molecular formula is C9H7NO5. The lowest BCUT2D eigenvalue weighted by Gasteiger charge is -2.10. The zero-order valence-corrected chi connectivity index (χ0v) is 7.52. The van der Waals surface area contributed by atoms with Gasteiger partial charge in [-0.15, -0.1) is 0 Å². The minimum Gasteiger partial charge on any atom is -0.478 e. The standard InChI is InChI=1S/C9H7NO5/c11-1-2-15-9(14)7-3-6(8(12)13)4-10-5-7/h2,4-5,10H,3H2,(H,12,13). The Bertz CT molecular complexity index is 401. The van der Waals surface area contributed by atoms with Gasteiger partial charge in [0.2, 0.25) is 0 Å². The molecule has 1 rings (SSSR count). The van der Waals surface area contributed by atoms with Gasteiger partial charge in [-0.05, 0) is 0 Å². The average Bonchev–Trinajstić information content (AvgIpc) is 2.26. The molecule has 6 heteroatoms. The minimum absolute atomic E-state index is 0.0412. The van der Waals surface area contributed by atoms with Gasteiger partial charge in [0.15, 0.2) is 12.2 Å². The van der Waals surface area contributed by atoms with E-state index >= 15 is 0 Å². The monoisotopic (exact) mass is 209 g/mol. The third-order valence-electron chi connectivity index (χ3n) is 1.65.